The lowest BCUT2D eigenvalue weighted by Gasteiger charge is -2.23. The first-order valence-electron chi connectivity index (χ1n) is 6.74. The Morgan fingerprint density at radius 2 is 2.00 bits per heavy atom. The highest BCUT2D eigenvalue weighted by Gasteiger charge is 2.09. The van der Waals surface area contributed by atoms with Gasteiger partial charge in [-0.2, -0.15) is 0 Å². The van der Waals surface area contributed by atoms with E-state index in [4.69, 9.17) is 5.84 Å². The van der Waals surface area contributed by atoms with Crippen molar-refractivity contribution in [1.29, 1.82) is 0 Å². The minimum absolute atomic E-state index is 0.262. The molecule has 0 aromatic heterocycles. The van der Waals surface area contributed by atoms with E-state index < -0.39 is 0 Å². The van der Waals surface area contributed by atoms with Crippen LogP contribution in [0.25, 0.3) is 0 Å². The number of benzene rings is 2. The van der Waals surface area contributed by atoms with Gasteiger partial charge < -0.3 is 4.90 Å². The molecule has 0 radical (unpaired) electrons. The van der Waals surface area contributed by atoms with Gasteiger partial charge in [0.1, 0.15) is 5.82 Å². The van der Waals surface area contributed by atoms with Crippen molar-refractivity contribution in [2.45, 2.75) is 13.5 Å². The molecule has 5 heteroatoms. The first kappa shape index (κ1) is 15.0. The van der Waals surface area contributed by atoms with E-state index in [9.17, 15) is 9.18 Å². The minimum Gasteiger partial charge on any atom is -0.367 e. The third-order valence-electron chi connectivity index (χ3n) is 3.25. The molecule has 2 aromatic carbocycles. The zero-order valence-electron chi connectivity index (χ0n) is 11.8. The van der Waals surface area contributed by atoms with Crippen LogP contribution in [0.15, 0.2) is 48.5 Å². The SMILES string of the molecule is CCN(Cc1cccc(C(=O)NN)c1)c1cccc(F)c1. The van der Waals surface area contributed by atoms with E-state index in [0.717, 1.165) is 17.8 Å². The van der Waals surface area contributed by atoms with E-state index in [1.807, 2.05) is 24.0 Å². The van der Waals surface area contributed by atoms with Gasteiger partial charge in [-0.25, -0.2) is 10.2 Å². The summed E-state index contributed by atoms with van der Waals surface area (Å²) < 4.78 is 13.3. The molecule has 0 heterocycles. The molecular formula is C16H18FN3O. The summed E-state index contributed by atoms with van der Waals surface area (Å²) in [7, 11) is 0. The molecule has 2 rings (SSSR count). The normalized spacial score (nSPS) is 10.2. The maximum absolute atomic E-state index is 13.3. The van der Waals surface area contributed by atoms with Gasteiger partial charge in [-0.05, 0) is 42.8 Å². The highest BCUT2D eigenvalue weighted by atomic mass is 19.1. The number of halogens is 1. The largest absolute Gasteiger partial charge is 0.367 e. The summed E-state index contributed by atoms with van der Waals surface area (Å²) in [5.74, 6) is 4.55. The van der Waals surface area contributed by atoms with Crippen LogP contribution in [0.1, 0.15) is 22.8 Å². The zero-order valence-corrected chi connectivity index (χ0v) is 11.8. The molecule has 0 aliphatic rings. The summed E-state index contributed by atoms with van der Waals surface area (Å²) in [4.78, 5) is 13.6. The highest BCUT2D eigenvalue weighted by Crippen LogP contribution is 2.18. The van der Waals surface area contributed by atoms with E-state index in [2.05, 4.69) is 5.43 Å². The van der Waals surface area contributed by atoms with Crippen molar-refractivity contribution >= 4 is 11.6 Å². The second-order valence-corrected chi connectivity index (χ2v) is 4.67. The van der Waals surface area contributed by atoms with Crippen LogP contribution in [0, 0.1) is 5.82 Å². The van der Waals surface area contributed by atoms with Gasteiger partial charge in [0, 0.05) is 24.3 Å². The molecule has 2 aromatic rings. The quantitative estimate of drug-likeness (QED) is 0.504. The Balaban J connectivity index is 2.21. The number of nitrogens with two attached hydrogens (primary N) is 1. The monoisotopic (exact) mass is 287 g/mol. The predicted molar refractivity (Wildman–Crippen MR) is 81.2 cm³/mol. The Labute approximate surface area is 123 Å². The third kappa shape index (κ3) is 3.79. The van der Waals surface area contributed by atoms with E-state index in [1.54, 1.807) is 24.3 Å². The molecule has 0 atom stereocenters. The van der Waals surface area contributed by atoms with Crippen LogP contribution in [0.5, 0.6) is 0 Å². The maximum atomic E-state index is 13.3. The van der Waals surface area contributed by atoms with Crippen molar-refractivity contribution in [3.63, 3.8) is 0 Å². The van der Waals surface area contributed by atoms with Crippen molar-refractivity contribution in [1.82, 2.24) is 5.43 Å². The van der Waals surface area contributed by atoms with E-state index in [-0.39, 0.29) is 11.7 Å². The molecule has 0 aliphatic heterocycles. The Morgan fingerprint density at radius 3 is 2.67 bits per heavy atom. The van der Waals surface area contributed by atoms with Gasteiger partial charge in [-0.3, -0.25) is 10.2 Å². The molecule has 3 N–H and O–H groups in total. The average molecular weight is 287 g/mol. The Morgan fingerprint density at radius 1 is 1.24 bits per heavy atom. The molecule has 0 saturated heterocycles. The number of carbonyl (C=O) groups is 1. The van der Waals surface area contributed by atoms with Gasteiger partial charge in [0.2, 0.25) is 0 Å². The Hall–Kier alpha value is -2.40. The first-order chi connectivity index (χ1) is 10.1. The number of hydrazine groups is 1. The number of hydrogen-bond acceptors (Lipinski definition) is 3. The molecule has 0 fully saturated rings. The van der Waals surface area contributed by atoms with Crippen molar-refractivity contribution in [3.05, 3.63) is 65.5 Å². The first-order valence-corrected chi connectivity index (χ1v) is 6.74. The summed E-state index contributed by atoms with van der Waals surface area (Å²) in [6.07, 6.45) is 0. The molecule has 1 amide bonds. The fourth-order valence-corrected chi connectivity index (χ4v) is 2.17. The standard InChI is InChI=1S/C16H18FN3O/c1-2-20(15-8-4-7-14(17)10-15)11-12-5-3-6-13(9-12)16(21)19-18/h3-10H,2,11,18H2,1H3,(H,19,21). The van der Waals surface area contributed by atoms with Crippen molar-refractivity contribution in [2.75, 3.05) is 11.4 Å². The van der Waals surface area contributed by atoms with E-state index in [1.165, 1.54) is 12.1 Å². The van der Waals surface area contributed by atoms with Crippen LogP contribution >= 0.6 is 0 Å². The molecule has 110 valence electrons. The number of carbonyl (C=O) groups excluding carboxylic acids is 1. The van der Waals surface area contributed by atoms with Gasteiger partial charge in [-0.1, -0.05) is 18.2 Å². The molecule has 4 nitrogen and oxygen atoms in total. The summed E-state index contributed by atoms with van der Waals surface area (Å²) in [5, 5.41) is 0. The smallest absolute Gasteiger partial charge is 0.265 e. The number of nitrogens with zero attached hydrogens (tertiary/aromatic N) is 1. The van der Waals surface area contributed by atoms with Crippen molar-refractivity contribution in [3.8, 4) is 0 Å². The van der Waals surface area contributed by atoms with Crippen LogP contribution in [-0.4, -0.2) is 12.5 Å². The fraction of sp³-hybridized carbons (Fsp3) is 0.188. The lowest BCUT2D eigenvalue weighted by atomic mass is 10.1. The van der Waals surface area contributed by atoms with E-state index >= 15 is 0 Å². The summed E-state index contributed by atoms with van der Waals surface area (Å²) in [6, 6.07) is 13.7. The Bertz CT molecular complexity index is 630. The topological polar surface area (TPSA) is 58.4 Å². The van der Waals surface area contributed by atoms with Gasteiger partial charge in [0.15, 0.2) is 0 Å². The number of nitrogens with one attached hydrogen (secondary N) is 1. The summed E-state index contributed by atoms with van der Waals surface area (Å²) in [6.45, 7) is 3.32. The summed E-state index contributed by atoms with van der Waals surface area (Å²) >= 11 is 0. The lowest BCUT2D eigenvalue weighted by molar-refractivity contribution is 0.0953. The lowest BCUT2D eigenvalue weighted by Crippen LogP contribution is -2.30. The van der Waals surface area contributed by atoms with Crippen LogP contribution in [0.4, 0.5) is 10.1 Å². The molecule has 0 aliphatic carbocycles. The van der Waals surface area contributed by atoms with Gasteiger partial charge >= 0.3 is 0 Å². The van der Waals surface area contributed by atoms with Gasteiger partial charge in [0.25, 0.3) is 5.91 Å². The average Bonchev–Trinajstić information content (AvgIpc) is 2.52. The fourth-order valence-electron chi connectivity index (χ4n) is 2.17. The van der Waals surface area contributed by atoms with Crippen LogP contribution in [0.2, 0.25) is 0 Å². The molecule has 0 unspecified atom stereocenters. The second-order valence-electron chi connectivity index (χ2n) is 4.67. The second kappa shape index (κ2) is 6.85. The maximum Gasteiger partial charge on any atom is 0.265 e. The van der Waals surface area contributed by atoms with Crippen LogP contribution < -0.4 is 16.2 Å². The van der Waals surface area contributed by atoms with Gasteiger partial charge in [0.05, 0.1) is 0 Å². The van der Waals surface area contributed by atoms with Crippen LogP contribution in [0.3, 0.4) is 0 Å². The number of hydrogen-bond donors (Lipinski definition) is 2. The van der Waals surface area contributed by atoms with Crippen molar-refractivity contribution in [2.24, 2.45) is 5.84 Å². The number of amides is 1. The Kier molecular flexibility index (Phi) is 4.90. The molecule has 0 saturated carbocycles. The molecule has 0 spiro atoms. The predicted octanol–water partition coefficient (Wildman–Crippen LogP) is 2.46. The third-order valence-corrected chi connectivity index (χ3v) is 3.25. The van der Waals surface area contributed by atoms with Crippen LogP contribution in [-0.2, 0) is 6.54 Å². The number of anilines is 1. The molecular weight excluding hydrogens is 269 g/mol. The molecule has 0 bridgehead atoms. The van der Waals surface area contributed by atoms with Crippen molar-refractivity contribution < 1.29 is 9.18 Å². The van der Waals surface area contributed by atoms with Gasteiger partial charge in [-0.15, -0.1) is 0 Å². The number of rotatable bonds is 5. The van der Waals surface area contributed by atoms with E-state index in [0.29, 0.717) is 12.1 Å². The minimum atomic E-state index is -0.328. The summed E-state index contributed by atoms with van der Waals surface area (Å²) in [5.41, 5.74) is 4.39. The number of nitrogen functional groups attached to an aromatic ring is 1. The zero-order chi connectivity index (χ0) is 15.2. The molecule has 21 heavy (non-hydrogen) atoms. The highest BCUT2D eigenvalue weighted by molar-refractivity contribution is 5.93.